The molecule has 0 spiro atoms. The highest BCUT2D eigenvalue weighted by atomic mass is 16.3. The number of hydrogen-bond acceptors (Lipinski definition) is 1. The van der Waals surface area contributed by atoms with Gasteiger partial charge in [-0.15, -0.1) is 0 Å². The number of fused-ring (bicyclic) bond motifs is 6. The summed E-state index contributed by atoms with van der Waals surface area (Å²) in [5.74, 6) is 0. The van der Waals surface area contributed by atoms with Crippen molar-refractivity contribution in [2.45, 2.75) is 0 Å². The first kappa shape index (κ1) is 16.7. The molecule has 0 saturated carbocycles. The number of para-hydroxylation sites is 1. The Morgan fingerprint density at radius 2 is 1.03 bits per heavy atom. The highest BCUT2D eigenvalue weighted by molar-refractivity contribution is 6.24. The van der Waals surface area contributed by atoms with Crippen molar-refractivity contribution in [1.29, 1.82) is 0 Å². The van der Waals surface area contributed by atoms with Crippen LogP contribution in [0.5, 0.6) is 0 Å². The molecule has 1 aromatic heterocycles. The van der Waals surface area contributed by atoms with Crippen LogP contribution in [0.2, 0.25) is 0 Å². The molecule has 0 N–H and O–H groups in total. The predicted octanol–water partition coefficient (Wildman–Crippen LogP) is 10.4. The summed E-state index contributed by atoms with van der Waals surface area (Å²) in [7, 11) is 0. The van der Waals surface area contributed by atoms with Gasteiger partial charge in [0.25, 0.3) is 0 Å². The normalized spacial score (nSPS) is 13.3. The molecule has 1 heteroatoms. The van der Waals surface area contributed by atoms with Gasteiger partial charge in [0, 0.05) is 10.8 Å². The zero-order valence-corrected chi connectivity index (χ0v) is 19.8. The van der Waals surface area contributed by atoms with Gasteiger partial charge in [0.15, 0.2) is 0 Å². The first-order chi connectivity index (χ1) is 20.0. The number of hydrogen-bond donors (Lipinski definition) is 0. The molecule has 1 heterocycles. The van der Waals surface area contributed by atoms with E-state index < -0.39 is 0 Å². The summed E-state index contributed by atoms with van der Waals surface area (Å²) in [4.78, 5) is 0. The van der Waals surface area contributed by atoms with Crippen LogP contribution in [-0.2, 0) is 0 Å². The minimum Gasteiger partial charge on any atom is -0.456 e. The van der Waals surface area contributed by atoms with Crippen molar-refractivity contribution < 1.29 is 9.90 Å². The van der Waals surface area contributed by atoms with Crippen molar-refractivity contribution in [2.75, 3.05) is 0 Å². The molecular weight excluding hydrogens is 448 g/mol. The SMILES string of the molecule is [2H]c1cc2c(-c3ccc4oc5ccccc5c4c3)c3cc([2H])c([2H])cc3c(-c3cccc4ccccc34)c2cc1[2H]. The van der Waals surface area contributed by atoms with Crippen LogP contribution in [0.25, 0.3) is 76.5 Å². The van der Waals surface area contributed by atoms with Gasteiger partial charge in [-0.3, -0.25) is 0 Å². The molecule has 0 amide bonds. The zero-order valence-electron chi connectivity index (χ0n) is 23.8. The number of benzene rings is 7. The molecule has 0 radical (unpaired) electrons. The summed E-state index contributed by atoms with van der Waals surface area (Å²) in [5, 5.41) is 7.55. The quantitative estimate of drug-likeness (QED) is 0.227. The highest BCUT2D eigenvalue weighted by Gasteiger charge is 2.18. The molecule has 8 rings (SSSR count). The number of rotatable bonds is 2. The average Bonchev–Trinajstić information content (AvgIpc) is 3.36. The molecule has 7 aromatic carbocycles. The van der Waals surface area contributed by atoms with Gasteiger partial charge in [0.2, 0.25) is 0 Å². The summed E-state index contributed by atoms with van der Waals surface area (Å²) in [6.45, 7) is 0. The van der Waals surface area contributed by atoms with Crippen LogP contribution in [0.15, 0.2) is 138 Å². The van der Waals surface area contributed by atoms with Crippen molar-refractivity contribution in [3.05, 3.63) is 133 Å². The smallest absolute Gasteiger partial charge is 0.135 e. The van der Waals surface area contributed by atoms with Gasteiger partial charge in [-0.25, -0.2) is 0 Å². The maximum Gasteiger partial charge on any atom is 0.135 e. The molecule has 37 heavy (non-hydrogen) atoms. The van der Waals surface area contributed by atoms with Gasteiger partial charge in [-0.1, -0.05) is 115 Å². The zero-order chi connectivity index (χ0) is 27.8. The summed E-state index contributed by atoms with van der Waals surface area (Å²) < 4.78 is 40.5. The van der Waals surface area contributed by atoms with Gasteiger partial charge >= 0.3 is 0 Å². The first-order valence-electron chi connectivity index (χ1n) is 14.4. The Kier molecular flexibility index (Phi) is 3.53. The molecule has 0 aliphatic carbocycles. The molecule has 0 bridgehead atoms. The van der Waals surface area contributed by atoms with E-state index in [4.69, 9.17) is 9.90 Å². The van der Waals surface area contributed by atoms with Crippen molar-refractivity contribution in [2.24, 2.45) is 0 Å². The van der Waals surface area contributed by atoms with Crippen LogP contribution >= 0.6 is 0 Å². The highest BCUT2D eigenvalue weighted by Crippen LogP contribution is 2.45. The lowest BCUT2D eigenvalue weighted by atomic mass is 9.84. The second-order valence-electron chi connectivity index (χ2n) is 9.40. The van der Waals surface area contributed by atoms with Crippen molar-refractivity contribution in [3.8, 4) is 22.3 Å². The lowest BCUT2D eigenvalue weighted by Gasteiger charge is -2.18. The van der Waals surface area contributed by atoms with E-state index >= 15 is 0 Å². The van der Waals surface area contributed by atoms with Crippen molar-refractivity contribution in [3.63, 3.8) is 0 Å². The van der Waals surface area contributed by atoms with Gasteiger partial charge in [-0.05, 0) is 72.8 Å². The maximum absolute atomic E-state index is 8.60. The third kappa shape index (κ3) is 2.98. The molecule has 0 aliphatic heterocycles. The van der Waals surface area contributed by atoms with Crippen LogP contribution < -0.4 is 0 Å². The van der Waals surface area contributed by atoms with E-state index in [0.717, 1.165) is 76.5 Å². The molecular formula is C36H22O. The van der Waals surface area contributed by atoms with E-state index in [-0.39, 0.29) is 24.2 Å². The van der Waals surface area contributed by atoms with Crippen LogP contribution in [0, 0.1) is 0 Å². The monoisotopic (exact) mass is 474 g/mol. The molecule has 0 fully saturated rings. The van der Waals surface area contributed by atoms with E-state index in [1.165, 1.54) is 0 Å². The van der Waals surface area contributed by atoms with Crippen LogP contribution in [0.1, 0.15) is 5.48 Å². The van der Waals surface area contributed by atoms with Crippen LogP contribution in [0.3, 0.4) is 0 Å². The van der Waals surface area contributed by atoms with Gasteiger partial charge < -0.3 is 4.42 Å². The summed E-state index contributed by atoms with van der Waals surface area (Å²) in [6, 6.07) is 36.1. The van der Waals surface area contributed by atoms with Crippen molar-refractivity contribution >= 4 is 54.3 Å². The van der Waals surface area contributed by atoms with Gasteiger partial charge in [-0.2, -0.15) is 0 Å². The van der Waals surface area contributed by atoms with Crippen molar-refractivity contribution in [1.82, 2.24) is 0 Å². The third-order valence-electron chi connectivity index (χ3n) is 7.41. The van der Waals surface area contributed by atoms with E-state index in [0.29, 0.717) is 0 Å². The van der Waals surface area contributed by atoms with Crippen LogP contribution in [0.4, 0.5) is 0 Å². The maximum atomic E-state index is 8.60. The van der Waals surface area contributed by atoms with E-state index in [2.05, 4.69) is 30.3 Å². The van der Waals surface area contributed by atoms with Gasteiger partial charge in [0.05, 0.1) is 5.48 Å². The second kappa shape index (κ2) is 7.81. The fourth-order valence-corrected chi connectivity index (χ4v) is 5.81. The standard InChI is InChI=1S/C36H22O/c1-2-12-25-23(10-1)11-9-18-27(25)36-30-16-5-3-14-28(30)35(29-15-4-6-17-31(29)36)24-20-21-34-32(22-24)26-13-7-8-19-33(26)37-34/h1-22H/i3D,4D,5D,6D. The molecule has 0 unspecified atom stereocenters. The Balaban J connectivity index is 1.58. The number of furan rings is 1. The third-order valence-corrected chi connectivity index (χ3v) is 7.41. The Hall–Kier alpha value is -4.88. The fraction of sp³-hybridized carbons (Fsp3) is 0. The van der Waals surface area contributed by atoms with E-state index in [1.54, 1.807) is 24.3 Å². The molecule has 0 atom stereocenters. The summed E-state index contributed by atoms with van der Waals surface area (Å²) >= 11 is 0. The minimum atomic E-state index is 0.139. The minimum absolute atomic E-state index is 0.139. The van der Waals surface area contributed by atoms with E-state index in [9.17, 15) is 0 Å². The summed E-state index contributed by atoms with van der Waals surface area (Å²) in [5.41, 5.74) is 5.33. The van der Waals surface area contributed by atoms with Gasteiger partial charge in [0.1, 0.15) is 11.2 Å². The van der Waals surface area contributed by atoms with E-state index in [1.807, 2.05) is 54.6 Å². The Labute approximate surface area is 219 Å². The molecule has 0 saturated heterocycles. The Bertz CT molecular complexity index is 2290. The predicted molar refractivity (Wildman–Crippen MR) is 157 cm³/mol. The topological polar surface area (TPSA) is 13.1 Å². The average molecular weight is 475 g/mol. The fourth-order valence-electron chi connectivity index (χ4n) is 5.81. The first-order valence-corrected chi connectivity index (χ1v) is 12.4. The Morgan fingerprint density at radius 3 is 1.78 bits per heavy atom. The summed E-state index contributed by atoms with van der Waals surface area (Å²) in [6.07, 6.45) is 0. The lowest BCUT2D eigenvalue weighted by molar-refractivity contribution is 0.669. The lowest BCUT2D eigenvalue weighted by Crippen LogP contribution is -1.91. The molecule has 0 aliphatic rings. The Morgan fingerprint density at radius 1 is 0.432 bits per heavy atom. The molecule has 8 aromatic rings. The van der Waals surface area contributed by atoms with Crippen LogP contribution in [-0.4, -0.2) is 0 Å². The largest absolute Gasteiger partial charge is 0.456 e. The molecule has 1 nitrogen and oxygen atoms in total. The molecule has 172 valence electrons. The second-order valence-corrected chi connectivity index (χ2v) is 9.40.